The molecule has 0 heterocycles. The largest absolute Gasteiger partial charge is 0.0826 e. The summed E-state index contributed by atoms with van der Waals surface area (Å²) in [5.74, 6) is 0. The van der Waals surface area contributed by atoms with Crippen LogP contribution in [-0.4, -0.2) is 3.92 Å². The molecule has 0 saturated heterocycles. The number of halogens is 1. The minimum Gasteiger partial charge on any atom is -0.0826 e. The molecule has 1 rings (SSSR count). The van der Waals surface area contributed by atoms with E-state index in [2.05, 4.69) is 36.4 Å². The second-order valence-electron chi connectivity index (χ2n) is 4.96. The second kappa shape index (κ2) is 5.57. The molecule has 0 aromatic carbocycles. The van der Waals surface area contributed by atoms with Crippen LogP contribution < -0.4 is 0 Å². The Hall–Kier alpha value is 0.730. The highest BCUT2D eigenvalue weighted by molar-refractivity contribution is 14.1. The van der Waals surface area contributed by atoms with E-state index in [9.17, 15) is 0 Å². The van der Waals surface area contributed by atoms with Gasteiger partial charge in [0.25, 0.3) is 0 Å². The third-order valence-corrected chi connectivity index (χ3v) is 4.46. The maximum atomic E-state index is 2.64. The Bertz CT molecular complexity index is 144. The molecule has 1 heteroatoms. The molecular weight excluding hydrogens is 271 g/mol. The molecule has 0 aromatic rings. The lowest BCUT2D eigenvalue weighted by Gasteiger charge is -2.36. The van der Waals surface area contributed by atoms with Gasteiger partial charge in [0.15, 0.2) is 0 Å². The summed E-state index contributed by atoms with van der Waals surface area (Å²) in [5.41, 5.74) is 0.694. The van der Waals surface area contributed by atoms with Gasteiger partial charge in [0, 0.05) is 3.92 Å². The van der Waals surface area contributed by atoms with Crippen molar-refractivity contribution in [1.82, 2.24) is 0 Å². The monoisotopic (exact) mass is 294 g/mol. The fourth-order valence-electron chi connectivity index (χ4n) is 2.52. The average Bonchev–Trinajstić information content (AvgIpc) is 2.04. The molecule has 1 fully saturated rings. The molecular formula is C12H23I. The second-order valence-corrected chi connectivity index (χ2v) is 6.72. The highest BCUT2D eigenvalue weighted by Gasteiger charge is 2.30. The zero-order valence-electron chi connectivity index (χ0n) is 9.11. The first-order valence-corrected chi connectivity index (χ1v) is 7.05. The fourth-order valence-corrected chi connectivity index (χ4v) is 4.02. The van der Waals surface area contributed by atoms with Crippen LogP contribution >= 0.6 is 22.6 Å². The van der Waals surface area contributed by atoms with Crippen molar-refractivity contribution in [2.45, 2.75) is 69.1 Å². The predicted molar refractivity (Wildman–Crippen MR) is 68.5 cm³/mol. The maximum Gasteiger partial charge on any atom is 0.0115 e. The summed E-state index contributed by atoms with van der Waals surface area (Å²) in [7, 11) is 0. The molecule has 2 unspecified atom stereocenters. The lowest BCUT2D eigenvalue weighted by Crippen LogP contribution is -2.25. The number of hydrogen-bond donors (Lipinski definition) is 0. The Balaban J connectivity index is 2.27. The normalized spacial score (nSPS) is 34.8. The molecule has 78 valence electrons. The SMILES string of the molecule is CCCCCC1(C)CCCC(I)C1. The van der Waals surface area contributed by atoms with Gasteiger partial charge in [-0.3, -0.25) is 0 Å². The fraction of sp³-hybridized carbons (Fsp3) is 1.00. The van der Waals surface area contributed by atoms with Crippen molar-refractivity contribution < 1.29 is 0 Å². The summed E-state index contributed by atoms with van der Waals surface area (Å²) in [5, 5.41) is 0. The van der Waals surface area contributed by atoms with Crippen LogP contribution in [0.4, 0.5) is 0 Å². The Kier molecular flexibility index (Phi) is 5.06. The van der Waals surface area contributed by atoms with Gasteiger partial charge in [-0.2, -0.15) is 0 Å². The van der Waals surface area contributed by atoms with E-state index < -0.39 is 0 Å². The molecule has 0 spiro atoms. The van der Waals surface area contributed by atoms with E-state index in [1.54, 1.807) is 0 Å². The van der Waals surface area contributed by atoms with E-state index >= 15 is 0 Å². The predicted octanol–water partition coefficient (Wildman–Crippen LogP) is 4.95. The number of hydrogen-bond acceptors (Lipinski definition) is 0. The smallest absolute Gasteiger partial charge is 0.0115 e. The Morgan fingerprint density at radius 1 is 1.38 bits per heavy atom. The Morgan fingerprint density at radius 2 is 2.15 bits per heavy atom. The van der Waals surface area contributed by atoms with Crippen molar-refractivity contribution in [2.24, 2.45) is 5.41 Å². The van der Waals surface area contributed by atoms with Gasteiger partial charge < -0.3 is 0 Å². The summed E-state index contributed by atoms with van der Waals surface area (Å²) in [6.45, 7) is 4.80. The van der Waals surface area contributed by atoms with Crippen molar-refractivity contribution in [2.75, 3.05) is 0 Å². The molecule has 0 aromatic heterocycles. The molecule has 13 heavy (non-hydrogen) atoms. The number of rotatable bonds is 4. The quantitative estimate of drug-likeness (QED) is 0.391. The molecule has 2 atom stereocenters. The number of alkyl halides is 1. The first kappa shape index (κ1) is 11.8. The molecule has 0 amide bonds. The van der Waals surface area contributed by atoms with Gasteiger partial charge in [-0.1, -0.05) is 62.1 Å². The van der Waals surface area contributed by atoms with Crippen LogP contribution in [0.15, 0.2) is 0 Å². The Labute approximate surface area is 97.0 Å². The van der Waals surface area contributed by atoms with E-state index in [-0.39, 0.29) is 0 Å². The van der Waals surface area contributed by atoms with Crippen molar-refractivity contribution in [3.8, 4) is 0 Å². The zero-order chi connectivity index (χ0) is 9.73. The van der Waals surface area contributed by atoms with Gasteiger partial charge in [-0.05, 0) is 31.1 Å². The number of unbranched alkanes of at least 4 members (excludes halogenated alkanes) is 2. The maximum absolute atomic E-state index is 2.64. The summed E-state index contributed by atoms with van der Waals surface area (Å²) in [4.78, 5) is 0. The third kappa shape index (κ3) is 4.18. The van der Waals surface area contributed by atoms with Crippen LogP contribution in [0.3, 0.4) is 0 Å². The standard InChI is InChI=1S/C12H23I/c1-3-4-5-8-12(2)9-6-7-11(13)10-12/h11H,3-10H2,1-2H3. The van der Waals surface area contributed by atoms with Crippen LogP contribution in [0.5, 0.6) is 0 Å². The Morgan fingerprint density at radius 3 is 2.77 bits per heavy atom. The molecule has 0 N–H and O–H groups in total. The van der Waals surface area contributed by atoms with E-state index in [0.717, 1.165) is 3.92 Å². The van der Waals surface area contributed by atoms with Gasteiger partial charge in [0.05, 0.1) is 0 Å². The van der Waals surface area contributed by atoms with Gasteiger partial charge in [0.2, 0.25) is 0 Å². The minimum atomic E-state index is 0.694. The minimum absolute atomic E-state index is 0.694. The summed E-state index contributed by atoms with van der Waals surface area (Å²) in [6, 6.07) is 0. The molecule has 0 nitrogen and oxygen atoms in total. The molecule has 1 aliphatic carbocycles. The molecule has 0 aliphatic heterocycles. The van der Waals surface area contributed by atoms with Crippen LogP contribution in [0.25, 0.3) is 0 Å². The van der Waals surface area contributed by atoms with Gasteiger partial charge in [-0.15, -0.1) is 0 Å². The van der Waals surface area contributed by atoms with Crippen molar-refractivity contribution in [3.63, 3.8) is 0 Å². The van der Waals surface area contributed by atoms with E-state index in [1.165, 1.54) is 51.4 Å². The van der Waals surface area contributed by atoms with E-state index in [1.807, 2.05) is 0 Å². The van der Waals surface area contributed by atoms with Crippen LogP contribution in [-0.2, 0) is 0 Å². The van der Waals surface area contributed by atoms with Crippen molar-refractivity contribution in [1.29, 1.82) is 0 Å². The molecule has 0 bridgehead atoms. The van der Waals surface area contributed by atoms with Gasteiger partial charge in [-0.25, -0.2) is 0 Å². The lowest BCUT2D eigenvalue weighted by molar-refractivity contribution is 0.202. The summed E-state index contributed by atoms with van der Waals surface area (Å²) < 4.78 is 0.956. The molecule has 1 saturated carbocycles. The average molecular weight is 294 g/mol. The molecule has 0 radical (unpaired) electrons. The highest BCUT2D eigenvalue weighted by atomic mass is 127. The molecule has 1 aliphatic rings. The van der Waals surface area contributed by atoms with Gasteiger partial charge in [0.1, 0.15) is 0 Å². The topological polar surface area (TPSA) is 0 Å². The first-order chi connectivity index (χ1) is 6.16. The van der Waals surface area contributed by atoms with Crippen molar-refractivity contribution in [3.05, 3.63) is 0 Å². The zero-order valence-corrected chi connectivity index (χ0v) is 11.3. The first-order valence-electron chi connectivity index (χ1n) is 5.80. The van der Waals surface area contributed by atoms with Crippen LogP contribution in [0, 0.1) is 5.41 Å². The highest BCUT2D eigenvalue weighted by Crippen LogP contribution is 2.42. The summed E-state index contributed by atoms with van der Waals surface area (Å²) >= 11 is 2.64. The van der Waals surface area contributed by atoms with Crippen molar-refractivity contribution >= 4 is 22.6 Å². The lowest BCUT2D eigenvalue weighted by atomic mass is 9.72. The summed E-state index contributed by atoms with van der Waals surface area (Å²) in [6.07, 6.45) is 11.6. The third-order valence-electron chi connectivity index (χ3n) is 3.40. The van der Waals surface area contributed by atoms with Crippen LogP contribution in [0.2, 0.25) is 0 Å². The van der Waals surface area contributed by atoms with Crippen LogP contribution in [0.1, 0.15) is 65.2 Å². The van der Waals surface area contributed by atoms with E-state index in [4.69, 9.17) is 0 Å². The van der Waals surface area contributed by atoms with Gasteiger partial charge >= 0.3 is 0 Å². The van der Waals surface area contributed by atoms with E-state index in [0.29, 0.717) is 5.41 Å².